The summed E-state index contributed by atoms with van der Waals surface area (Å²) in [7, 11) is 1.60. The van der Waals surface area contributed by atoms with Crippen molar-refractivity contribution in [1.82, 2.24) is 15.3 Å². The monoisotopic (exact) mass is 366 g/mol. The van der Waals surface area contributed by atoms with E-state index in [0.29, 0.717) is 18.4 Å². The number of aromatic nitrogens is 2. The van der Waals surface area contributed by atoms with E-state index in [1.807, 2.05) is 0 Å². The number of nitrogens with one attached hydrogen (secondary N) is 1. The number of rotatable bonds is 5. The van der Waals surface area contributed by atoms with Gasteiger partial charge >= 0.3 is 0 Å². The minimum atomic E-state index is 0.0567. The molecular weight excluding hydrogens is 340 g/mol. The molecule has 2 heterocycles. The molecule has 0 unspecified atom stereocenters. The van der Waals surface area contributed by atoms with Crippen LogP contribution in [0, 0.1) is 5.92 Å². The molecule has 1 amide bonds. The zero-order valence-corrected chi connectivity index (χ0v) is 15.8. The van der Waals surface area contributed by atoms with E-state index >= 15 is 0 Å². The lowest BCUT2D eigenvalue weighted by Crippen LogP contribution is -2.41. The van der Waals surface area contributed by atoms with E-state index in [0.717, 1.165) is 25.9 Å². The number of aryl methyl sites for hydroxylation is 2. The summed E-state index contributed by atoms with van der Waals surface area (Å²) in [5.41, 5.74) is 4.12. The first-order chi connectivity index (χ1) is 13.2. The second-order valence-electron chi connectivity index (χ2n) is 7.33. The van der Waals surface area contributed by atoms with Crippen molar-refractivity contribution in [3.8, 4) is 5.88 Å². The Morgan fingerprint density at radius 2 is 2.04 bits per heavy atom. The van der Waals surface area contributed by atoms with Crippen LogP contribution in [0.25, 0.3) is 0 Å². The number of piperidine rings is 1. The van der Waals surface area contributed by atoms with E-state index in [2.05, 4.69) is 38.4 Å². The summed E-state index contributed by atoms with van der Waals surface area (Å²) < 4.78 is 5.16. The molecule has 0 atom stereocenters. The third-order valence-corrected chi connectivity index (χ3v) is 5.60. The summed E-state index contributed by atoms with van der Waals surface area (Å²) in [6.07, 6.45) is 6.95. The van der Waals surface area contributed by atoms with Gasteiger partial charge in [-0.05, 0) is 48.8 Å². The Bertz CT molecular complexity index is 816. The predicted molar refractivity (Wildman–Crippen MR) is 104 cm³/mol. The highest BCUT2D eigenvalue weighted by atomic mass is 16.5. The summed E-state index contributed by atoms with van der Waals surface area (Å²) in [6.45, 7) is 2.18. The number of fused-ring (bicyclic) bond motifs is 1. The molecule has 1 aromatic heterocycles. The largest absolute Gasteiger partial charge is 0.481 e. The zero-order chi connectivity index (χ0) is 18.6. The quantitative estimate of drug-likeness (QED) is 0.881. The van der Waals surface area contributed by atoms with Gasteiger partial charge in [0.05, 0.1) is 7.11 Å². The van der Waals surface area contributed by atoms with Crippen LogP contribution >= 0.6 is 0 Å². The lowest BCUT2D eigenvalue weighted by molar-refractivity contribution is -0.125. The molecule has 6 nitrogen and oxygen atoms in total. The van der Waals surface area contributed by atoms with E-state index in [-0.39, 0.29) is 11.8 Å². The molecule has 27 heavy (non-hydrogen) atoms. The lowest BCUT2D eigenvalue weighted by atomic mass is 9.96. The second-order valence-corrected chi connectivity index (χ2v) is 7.33. The molecule has 0 bridgehead atoms. The smallest absolute Gasteiger partial charge is 0.228 e. The molecule has 2 aliphatic rings. The van der Waals surface area contributed by atoms with Crippen LogP contribution in [0.1, 0.15) is 36.0 Å². The number of hydrogen-bond acceptors (Lipinski definition) is 5. The van der Waals surface area contributed by atoms with Crippen LogP contribution in [0.3, 0.4) is 0 Å². The van der Waals surface area contributed by atoms with Gasteiger partial charge in [0.1, 0.15) is 0 Å². The van der Waals surface area contributed by atoms with Crippen molar-refractivity contribution < 1.29 is 9.53 Å². The molecule has 6 heteroatoms. The fourth-order valence-corrected chi connectivity index (χ4v) is 4.01. The fraction of sp³-hybridized carbons (Fsp3) is 0.476. The van der Waals surface area contributed by atoms with Crippen LogP contribution < -0.4 is 15.0 Å². The maximum atomic E-state index is 12.6. The molecule has 1 N–H and O–H groups in total. The second kappa shape index (κ2) is 7.94. The molecule has 0 spiro atoms. The SMILES string of the molecule is COc1ccnc(N2CCC(C(=O)NCc3ccc4c(c3)CCC4)CC2)n1. The molecule has 1 aromatic carbocycles. The molecule has 1 aliphatic carbocycles. The standard InChI is InChI=1S/C21H26N4O2/c1-27-19-7-10-22-21(24-19)25-11-8-17(9-12-25)20(26)23-14-15-5-6-16-3-2-4-18(16)13-15/h5-7,10,13,17H,2-4,8-9,11-12,14H2,1H3,(H,23,26). The molecule has 2 aromatic rings. The Labute approximate surface area is 160 Å². The molecule has 4 rings (SSSR count). The first-order valence-corrected chi connectivity index (χ1v) is 9.73. The Kier molecular flexibility index (Phi) is 5.23. The van der Waals surface area contributed by atoms with Gasteiger partial charge in [0, 0.05) is 37.8 Å². The summed E-state index contributed by atoms with van der Waals surface area (Å²) in [5.74, 6) is 1.45. The van der Waals surface area contributed by atoms with Crippen molar-refractivity contribution in [2.45, 2.75) is 38.6 Å². The molecule has 1 saturated heterocycles. The molecule has 142 valence electrons. The van der Waals surface area contributed by atoms with Crippen LogP contribution in [0.5, 0.6) is 5.88 Å². The highest BCUT2D eigenvalue weighted by Crippen LogP contribution is 2.24. The highest BCUT2D eigenvalue weighted by Gasteiger charge is 2.26. The normalized spacial score (nSPS) is 16.9. The summed E-state index contributed by atoms with van der Waals surface area (Å²) >= 11 is 0. The number of methoxy groups -OCH3 is 1. The van der Waals surface area contributed by atoms with Gasteiger partial charge in [-0.1, -0.05) is 18.2 Å². The Balaban J connectivity index is 1.28. The van der Waals surface area contributed by atoms with Crippen LogP contribution in [0.2, 0.25) is 0 Å². The maximum Gasteiger partial charge on any atom is 0.228 e. The van der Waals surface area contributed by atoms with Crippen LogP contribution in [-0.4, -0.2) is 36.1 Å². The third kappa shape index (κ3) is 4.04. The Morgan fingerprint density at radius 1 is 1.22 bits per heavy atom. The molecular formula is C21H26N4O2. The van der Waals surface area contributed by atoms with Gasteiger partial charge in [0.2, 0.25) is 17.7 Å². The number of amides is 1. The van der Waals surface area contributed by atoms with Crippen LogP contribution in [0.4, 0.5) is 5.95 Å². The van der Waals surface area contributed by atoms with Gasteiger partial charge in [-0.2, -0.15) is 4.98 Å². The number of benzene rings is 1. The Hall–Kier alpha value is -2.63. The fourth-order valence-electron chi connectivity index (χ4n) is 4.01. The summed E-state index contributed by atoms with van der Waals surface area (Å²) in [5, 5.41) is 3.12. The highest BCUT2D eigenvalue weighted by molar-refractivity contribution is 5.79. The topological polar surface area (TPSA) is 67.3 Å². The number of anilines is 1. The van der Waals surface area contributed by atoms with E-state index < -0.39 is 0 Å². The van der Waals surface area contributed by atoms with Crippen LogP contribution in [0.15, 0.2) is 30.5 Å². The third-order valence-electron chi connectivity index (χ3n) is 5.60. The van der Waals surface area contributed by atoms with Crippen molar-refractivity contribution in [2.75, 3.05) is 25.1 Å². The Morgan fingerprint density at radius 3 is 2.85 bits per heavy atom. The molecule has 0 saturated carbocycles. The summed E-state index contributed by atoms with van der Waals surface area (Å²) in [6, 6.07) is 8.36. The van der Waals surface area contributed by atoms with E-state index in [1.54, 1.807) is 19.4 Å². The number of ether oxygens (including phenoxy) is 1. The number of nitrogens with zero attached hydrogens (tertiary/aromatic N) is 3. The van der Waals surface area contributed by atoms with Gasteiger partial charge in [-0.15, -0.1) is 0 Å². The number of carbonyl (C=O) groups excluding carboxylic acids is 1. The van der Waals surface area contributed by atoms with Crippen molar-refractivity contribution in [3.05, 3.63) is 47.2 Å². The lowest BCUT2D eigenvalue weighted by Gasteiger charge is -2.31. The minimum Gasteiger partial charge on any atom is -0.481 e. The first-order valence-electron chi connectivity index (χ1n) is 9.73. The number of carbonyl (C=O) groups is 1. The van der Waals surface area contributed by atoms with Gasteiger partial charge in [0.15, 0.2) is 0 Å². The van der Waals surface area contributed by atoms with E-state index in [4.69, 9.17) is 4.74 Å². The van der Waals surface area contributed by atoms with Crippen molar-refractivity contribution in [1.29, 1.82) is 0 Å². The number of hydrogen-bond donors (Lipinski definition) is 1. The average molecular weight is 366 g/mol. The molecule has 0 radical (unpaired) electrons. The average Bonchev–Trinajstić information content (AvgIpc) is 3.20. The molecule has 1 aliphatic heterocycles. The van der Waals surface area contributed by atoms with Crippen LogP contribution in [-0.2, 0) is 24.2 Å². The maximum absolute atomic E-state index is 12.6. The molecule has 1 fully saturated rings. The van der Waals surface area contributed by atoms with Gasteiger partial charge < -0.3 is 15.0 Å². The van der Waals surface area contributed by atoms with Crippen molar-refractivity contribution in [3.63, 3.8) is 0 Å². The first kappa shape index (κ1) is 17.8. The van der Waals surface area contributed by atoms with Crippen molar-refractivity contribution >= 4 is 11.9 Å². The van der Waals surface area contributed by atoms with E-state index in [9.17, 15) is 4.79 Å². The van der Waals surface area contributed by atoms with Gasteiger partial charge in [-0.3, -0.25) is 4.79 Å². The predicted octanol–water partition coefficient (Wildman–Crippen LogP) is 2.51. The minimum absolute atomic E-state index is 0.0567. The summed E-state index contributed by atoms with van der Waals surface area (Å²) in [4.78, 5) is 23.4. The van der Waals surface area contributed by atoms with Gasteiger partial charge in [-0.25, -0.2) is 4.98 Å². The van der Waals surface area contributed by atoms with Gasteiger partial charge in [0.25, 0.3) is 0 Å². The zero-order valence-electron chi connectivity index (χ0n) is 15.8. The van der Waals surface area contributed by atoms with Crippen molar-refractivity contribution in [2.24, 2.45) is 5.92 Å². The van der Waals surface area contributed by atoms with E-state index in [1.165, 1.54) is 36.0 Å².